The fraction of sp³-hybridized carbons (Fsp3) is 0.538. The number of rotatable bonds is 6. The molecule has 1 spiro atoms. The minimum Gasteiger partial charge on any atom is -0.494 e. The van der Waals surface area contributed by atoms with E-state index in [0.29, 0.717) is 6.61 Å². The first kappa shape index (κ1) is 20.8. The number of halogens is 1. The molecule has 3 heterocycles. The van der Waals surface area contributed by atoms with Crippen LogP contribution in [0.15, 0.2) is 42.5 Å². The lowest BCUT2D eigenvalue weighted by Gasteiger charge is -2.40. The van der Waals surface area contributed by atoms with Gasteiger partial charge in [0.2, 0.25) is 0 Å². The lowest BCUT2D eigenvalue weighted by molar-refractivity contribution is -0.0567. The lowest BCUT2D eigenvalue weighted by atomic mass is 9.83. The van der Waals surface area contributed by atoms with Gasteiger partial charge in [-0.25, -0.2) is 4.39 Å². The molecular formula is C26H33FN2O2. The standard InChI is InChI=1S/C26H33FN2O2/c27-24-7-4-6-21-20-31-26(25(21)24)12-17-29(18-13-26)22-8-10-23(11-9-22)30-19-5-16-28-14-2-1-3-15-28/h4,6-11H,1-3,5,12-20H2. The topological polar surface area (TPSA) is 24.9 Å². The monoisotopic (exact) mass is 424 g/mol. The number of piperidine rings is 2. The molecule has 2 aromatic carbocycles. The molecule has 0 N–H and O–H groups in total. The molecule has 0 atom stereocenters. The first-order valence-electron chi connectivity index (χ1n) is 11.9. The molecule has 3 aliphatic heterocycles. The van der Waals surface area contributed by atoms with Crippen LogP contribution in [0.4, 0.5) is 10.1 Å². The van der Waals surface area contributed by atoms with Crippen LogP contribution in [0.5, 0.6) is 5.75 Å². The Morgan fingerprint density at radius 2 is 1.71 bits per heavy atom. The highest BCUT2D eigenvalue weighted by Gasteiger charge is 2.44. The van der Waals surface area contributed by atoms with Gasteiger partial charge < -0.3 is 19.3 Å². The fourth-order valence-electron chi connectivity index (χ4n) is 5.42. The number of hydrogen-bond donors (Lipinski definition) is 0. The zero-order chi connectivity index (χ0) is 21.1. The number of ether oxygens (including phenoxy) is 2. The van der Waals surface area contributed by atoms with Crippen LogP contribution in [0.3, 0.4) is 0 Å². The van der Waals surface area contributed by atoms with E-state index in [9.17, 15) is 4.39 Å². The average Bonchev–Trinajstić information content (AvgIpc) is 3.18. The first-order chi connectivity index (χ1) is 15.2. The van der Waals surface area contributed by atoms with Crippen LogP contribution in [-0.2, 0) is 16.9 Å². The Balaban J connectivity index is 1.12. The third-order valence-electron chi connectivity index (χ3n) is 7.17. The first-order valence-corrected chi connectivity index (χ1v) is 11.9. The fourth-order valence-corrected chi connectivity index (χ4v) is 5.42. The van der Waals surface area contributed by atoms with E-state index >= 15 is 0 Å². The van der Waals surface area contributed by atoms with Crippen molar-refractivity contribution in [3.05, 3.63) is 59.4 Å². The number of benzene rings is 2. The van der Waals surface area contributed by atoms with E-state index in [1.165, 1.54) is 38.0 Å². The van der Waals surface area contributed by atoms with Crippen molar-refractivity contribution in [1.29, 1.82) is 0 Å². The van der Waals surface area contributed by atoms with Gasteiger partial charge in [-0.05, 0) is 81.1 Å². The lowest BCUT2D eigenvalue weighted by Crippen LogP contribution is -2.43. The summed E-state index contributed by atoms with van der Waals surface area (Å²) in [6, 6.07) is 13.8. The van der Waals surface area contributed by atoms with E-state index < -0.39 is 5.60 Å². The van der Waals surface area contributed by atoms with Gasteiger partial charge in [-0.1, -0.05) is 18.6 Å². The zero-order valence-electron chi connectivity index (χ0n) is 18.3. The van der Waals surface area contributed by atoms with Gasteiger partial charge in [-0.2, -0.15) is 0 Å². The molecule has 4 nitrogen and oxygen atoms in total. The molecule has 0 amide bonds. The Kier molecular flexibility index (Phi) is 6.15. The summed E-state index contributed by atoms with van der Waals surface area (Å²) < 4.78 is 26.6. The molecule has 0 radical (unpaired) electrons. The average molecular weight is 425 g/mol. The Bertz CT molecular complexity index is 871. The van der Waals surface area contributed by atoms with E-state index in [-0.39, 0.29) is 5.82 Å². The van der Waals surface area contributed by atoms with Crippen molar-refractivity contribution in [2.24, 2.45) is 0 Å². The van der Waals surface area contributed by atoms with Crippen LogP contribution >= 0.6 is 0 Å². The van der Waals surface area contributed by atoms with Crippen molar-refractivity contribution in [2.75, 3.05) is 44.2 Å². The molecule has 0 bridgehead atoms. The highest BCUT2D eigenvalue weighted by Crippen LogP contribution is 2.45. The Morgan fingerprint density at radius 1 is 0.935 bits per heavy atom. The highest BCUT2D eigenvalue weighted by molar-refractivity contribution is 5.50. The maximum absolute atomic E-state index is 14.5. The van der Waals surface area contributed by atoms with E-state index in [2.05, 4.69) is 34.1 Å². The number of anilines is 1. The molecule has 2 aromatic rings. The summed E-state index contributed by atoms with van der Waals surface area (Å²) in [7, 11) is 0. The van der Waals surface area contributed by atoms with Crippen molar-refractivity contribution >= 4 is 5.69 Å². The van der Waals surface area contributed by atoms with Crippen molar-refractivity contribution in [3.8, 4) is 5.75 Å². The number of nitrogens with zero attached hydrogens (tertiary/aromatic N) is 2. The van der Waals surface area contributed by atoms with Crippen LogP contribution in [0.2, 0.25) is 0 Å². The Morgan fingerprint density at radius 3 is 2.48 bits per heavy atom. The van der Waals surface area contributed by atoms with Crippen LogP contribution in [0.1, 0.15) is 49.7 Å². The second kappa shape index (κ2) is 9.17. The van der Waals surface area contributed by atoms with E-state index in [1.54, 1.807) is 12.1 Å². The Hall–Kier alpha value is -2.11. The van der Waals surface area contributed by atoms with E-state index in [1.807, 2.05) is 6.07 Å². The van der Waals surface area contributed by atoms with Gasteiger partial charge in [0, 0.05) is 30.9 Å². The summed E-state index contributed by atoms with van der Waals surface area (Å²) in [6.07, 6.45) is 6.77. The molecule has 0 unspecified atom stereocenters. The summed E-state index contributed by atoms with van der Waals surface area (Å²) in [4.78, 5) is 4.92. The Labute approximate surface area is 184 Å². The summed E-state index contributed by atoms with van der Waals surface area (Å²) in [5, 5.41) is 0. The quantitative estimate of drug-likeness (QED) is 0.602. The highest BCUT2D eigenvalue weighted by atomic mass is 19.1. The molecule has 0 aliphatic carbocycles. The van der Waals surface area contributed by atoms with E-state index in [4.69, 9.17) is 9.47 Å². The molecule has 2 saturated heterocycles. The van der Waals surface area contributed by atoms with Gasteiger partial charge in [0.05, 0.1) is 13.2 Å². The van der Waals surface area contributed by atoms with Gasteiger partial charge in [0.25, 0.3) is 0 Å². The van der Waals surface area contributed by atoms with Crippen molar-refractivity contribution < 1.29 is 13.9 Å². The van der Waals surface area contributed by atoms with Crippen molar-refractivity contribution in [3.63, 3.8) is 0 Å². The van der Waals surface area contributed by atoms with Crippen LogP contribution in [-0.4, -0.2) is 44.2 Å². The van der Waals surface area contributed by atoms with Gasteiger partial charge in [0.1, 0.15) is 17.2 Å². The molecule has 0 aromatic heterocycles. The van der Waals surface area contributed by atoms with Gasteiger partial charge in [0.15, 0.2) is 0 Å². The van der Waals surface area contributed by atoms with Gasteiger partial charge >= 0.3 is 0 Å². The van der Waals surface area contributed by atoms with Crippen molar-refractivity contribution in [2.45, 2.75) is 50.7 Å². The smallest absolute Gasteiger partial charge is 0.129 e. The maximum Gasteiger partial charge on any atom is 0.129 e. The number of likely N-dealkylation sites (tertiary alicyclic amines) is 1. The van der Waals surface area contributed by atoms with E-state index in [0.717, 1.165) is 62.4 Å². The summed E-state index contributed by atoms with van der Waals surface area (Å²) in [5.74, 6) is 0.816. The molecule has 0 saturated carbocycles. The third-order valence-corrected chi connectivity index (χ3v) is 7.17. The predicted molar refractivity (Wildman–Crippen MR) is 121 cm³/mol. The predicted octanol–water partition coefficient (Wildman–Crippen LogP) is 5.11. The molecule has 5 heteroatoms. The van der Waals surface area contributed by atoms with Crippen LogP contribution in [0, 0.1) is 5.82 Å². The number of fused-ring (bicyclic) bond motifs is 2. The minimum absolute atomic E-state index is 0.120. The molecule has 2 fully saturated rings. The summed E-state index contributed by atoms with van der Waals surface area (Å²) in [6.45, 7) is 6.65. The summed E-state index contributed by atoms with van der Waals surface area (Å²) in [5.41, 5.74) is 2.55. The van der Waals surface area contributed by atoms with Crippen LogP contribution in [0.25, 0.3) is 0 Å². The second-order valence-electron chi connectivity index (χ2n) is 9.14. The molecule has 166 valence electrons. The van der Waals surface area contributed by atoms with Gasteiger partial charge in [-0.3, -0.25) is 0 Å². The molecular weight excluding hydrogens is 391 g/mol. The normalized spacial score (nSPS) is 20.7. The third kappa shape index (κ3) is 4.44. The SMILES string of the molecule is Fc1cccc2c1C1(CCN(c3ccc(OCCCN4CCCCC4)cc3)CC1)OC2. The van der Waals surface area contributed by atoms with Crippen LogP contribution < -0.4 is 9.64 Å². The molecule has 5 rings (SSSR count). The zero-order valence-corrected chi connectivity index (χ0v) is 18.3. The largest absolute Gasteiger partial charge is 0.494 e. The molecule has 3 aliphatic rings. The molecule has 31 heavy (non-hydrogen) atoms. The summed E-state index contributed by atoms with van der Waals surface area (Å²) >= 11 is 0. The minimum atomic E-state index is -0.450. The van der Waals surface area contributed by atoms with Gasteiger partial charge in [-0.15, -0.1) is 0 Å². The van der Waals surface area contributed by atoms with Crippen molar-refractivity contribution in [1.82, 2.24) is 4.90 Å². The maximum atomic E-state index is 14.5. The second-order valence-corrected chi connectivity index (χ2v) is 9.14. The number of hydrogen-bond acceptors (Lipinski definition) is 4.